The molecule has 1 atom stereocenters. The second-order valence-corrected chi connectivity index (χ2v) is 4.74. The first-order valence-electron chi connectivity index (χ1n) is 6.39. The summed E-state index contributed by atoms with van der Waals surface area (Å²) >= 11 is 0. The Kier molecular flexibility index (Phi) is 4.40. The molecular weight excluding hydrogens is 256 g/mol. The molecule has 1 aliphatic rings. The van der Waals surface area contributed by atoms with Crippen molar-refractivity contribution in [1.29, 1.82) is 0 Å². The molecule has 0 bridgehead atoms. The lowest BCUT2D eigenvalue weighted by Gasteiger charge is -2.09. The number of nitrogens with one attached hydrogen (secondary N) is 1. The van der Waals surface area contributed by atoms with E-state index in [9.17, 15) is 4.79 Å². The zero-order valence-corrected chi connectivity index (χ0v) is 11.7. The second-order valence-electron chi connectivity index (χ2n) is 4.74. The lowest BCUT2D eigenvalue weighted by molar-refractivity contribution is -0.130. The van der Waals surface area contributed by atoms with Crippen molar-refractivity contribution in [1.82, 2.24) is 5.32 Å². The molecule has 1 aromatic rings. The number of rotatable bonds is 5. The quantitative estimate of drug-likeness (QED) is 0.834. The molecule has 0 aliphatic carbocycles. The highest BCUT2D eigenvalue weighted by Crippen LogP contribution is 2.20. The van der Waals surface area contributed by atoms with Gasteiger partial charge in [-0.1, -0.05) is 29.4 Å². The molecule has 0 unspecified atom stereocenters. The normalized spacial score (nSPS) is 17.1. The Morgan fingerprint density at radius 1 is 1.60 bits per heavy atom. The van der Waals surface area contributed by atoms with Crippen LogP contribution in [0.1, 0.15) is 18.9 Å². The van der Waals surface area contributed by atoms with Crippen molar-refractivity contribution in [2.75, 3.05) is 13.7 Å². The number of methoxy groups -OCH3 is 1. The minimum Gasteiger partial charge on any atom is -0.497 e. The predicted molar refractivity (Wildman–Crippen MR) is 76.8 cm³/mol. The average molecular weight is 274 g/mol. The molecule has 1 amide bonds. The van der Waals surface area contributed by atoms with E-state index in [2.05, 4.69) is 17.1 Å². The zero-order valence-electron chi connectivity index (χ0n) is 11.7. The van der Waals surface area contributed by atoms with E-state index in [1.807, 2.05) is 31.2 Å². The molecular formula is C15H18N2O3. The summed E-state index contributed by atoms with van der Waals surface area (Å²) in [4.78, 5) is 17.1. The maximum atomic E-state index is 11.9. The van der Waals surface area contributed by atoms with Crippen LogP contribution in [0.3, 0.4) is 0 Å². The van der Waals surface area contributed by atoms with Crippen LogP contribution in [0.15, 0.2) is 41.6 Å². The van der Waals surface area contributed by atoms with Crippen molar-refractivity contribution in [3.05, 3.63) is 42.0 Å². The van der Waals surface area contributed by atoms with E-state index in [-0.39, 0.29) is 5.91 Å². The van der Waals surface area contributed by atoms with Gasteiger partial charge in [0.1, 0.15) is 5.75 Å². The van der Waals surface area contributed by atoms with Gasteiger partial charge in [0.2, 0.25) is 6.10 Å². The standard InChI is InChI=1S/C15H18N2O3/c1-10(2)9-16-15(18)14-8-13(17-20-14)11-5-4-6-12(7-11)19-3/h4-7,14H,1,8-9H2,2-3H3,(H,16,18)/t14-/m1/s1. The van der Waals surface area contributed by atoms with Crippen LogP contribution in [0.5, 0.6) is 5.75 Å². The molecule has 106 valence electrons. The molecule has 0 saturated heterocycles. The summed E-state index contributed by atoms with van der Waals surface area (Å²) < 4.78 is 5.17. The van der Waals surface area contributed by atoms with Crippen molar-refractivity contribution < 1.29 is 14.4 Å². The van der Waals surface area contributed by atoms with Crippen LogP contribution in [0.4, 0.5) is 0 Å². The number of benzene rings is 1. The molecule has 2 rings (SSSR count). The lowest BCUT2D eigenvalue weighted by Crippen LogP contribution is -2.35. The van der Waals surface area contributed by atoms with Crippen LogP contribution in [-0.2, 0) is 9.63 Å². The number of hydrogen-bond donors (Lipinski definition) is 1. The first-order valence-corrected chi connectivity index (χ1v) is 6.39. The number of nitrogens with zero attached hydrogens (tertiary/aromatic N) is 1. The van der Waals surface area contributed by atoms with Gasteiger partial charge in [0.15, 0.2) is 0 Å². The molecule has 5 nitrogen and oxygen atoms in total. The van der Waals surface area contributed by atoms with Gasteiger partial charge >= 0.3 is 0 Å². The molecule has 1 N–H and O–H groups in total. The summed E-state index contributed by atoms with van der Waals surface area (Å²) in [6, 6.07) is 7.53. The Morgan fingerprint density at radius 2 is 2.40 bits per heavy atom. The van der Waals surface area contributed by atoms with Gasteiger partial charge in [0, 0.05) is 18.5 Å². The molecule has 0 aromatic heterocycles. The molecule has 5 heteroatoms. The highest BCUT2D eigenvalue weighted by atomic mass is 16.6. The van der Waals surface area contributed by atoms with Crippen LogP contribution in [0, 0.1) is 0 Å². The van der Waals surface area contributed by atoms with E-state index in [0.29, 0.717) is 13.0 Å². The molecule has 20 heavy (non-hydrogen) atoms. The summed E-state index contributed by atoms with van der Waals surface area (Å²) in [7, 11) is 1.61. The molecule has 0 fully saturated rings. The number of carbonyl (C=O) groups excluding carboxylic acids is 1. The molecule has 0 saturated carbocycles. The van der Waals surface area contributed by atoms with Gasteiger partial charge < -0.3 is 14.9 Å². The number of carbonyl (C=O) groups is 1. The van der Waals surface area contributed by atoms with Gasteiger partial charge in [-0.25, -0.2) is 0 Å². The third-order valence-corrected chi connectivity index (χ3v) is 2.93. The topological polar surface area (TPSA) is 59.9 Å². The second kappa shape index (κ2) is 6.23. The van der Waals surface area contributed by atoms with Crippen molar-refractivity contribution in [3.63, 3.8) is 0 Å². The number of hydrogen-bond acceptors (Lipinski definition) is 4. The highest BCUT2D eigenvalue weighted by Gasteiger charge is 2.28. The number of ether oxygens (including phenoxy) is 1. The molecule has 0 radical (unpaired) electrons. The Bertz CT molecular complexity index is 552. The Labute approximate surface area is 118 Å². The third kappa shape index (κ3) is 3.38. The fourth-order valence-corrected chi connectivity index (χ4v) is 1.84. The Balaban J connectivity index is 1.97. The van der Waals surface area contributed by atoms with Gasteiger partial charge in [-0.15, -0.1) is 0 Å². The maximum Gasteiger partial charge on any atom is 0.264 e. The van der Waals surface area contributed by atoms with Gasteiger partial charge in [-0.2, -0.15) is 0 Å². The fourth-order valence-electron chi connectivity index (χ4n) is 1.84. The average Bonchev–Trinajstić information content (AvgIpc) is 2.94. The van der Waals surface area contributed by atoms with Gasteiger partial charge in [0.25, 0.3) is 5.91 Å². The molecule has 0 spiro atoms. The van der Waals surface area contributed by atoms with Crippen LogP contribution in [0.25, 0.3) is 0 Å². The first kappa shape index (κ1) is 14.1. The van der Waals surface area contributed by atoms with Crippen molar-refractivity contribution >= 4 is 11.6 Å². The minimum absolute atomic E-state index is 0.172. The predicted octanol–water partition coefficient (Wildman–Crippen LogP) is 1.88. The van der Waals surface area contributed by atoms with E-state index in [4.69, 9.17) is 9.57 Å². The Morgan fingerprint density at radius 3 is 3.10 bits per heavy atom. The van der Waals surface area contributed by atoms with E-state index in [0.717, 1.165) is 22.6 Å². The minimum atomic E-state index is -0.574. The SMILES string of the molecule is C=C(C)CNC(=O)[C@H]1CC(c2cccc(OC)c2)=NO1. The van der Waals surface area contributed by atoms with E-state index >= 15 is 0 Å². The Hall–Kier alpha value is -2.30. The van der Waals surface area contributed by atoms with Crippen LogP contribution in [0.2, 0.25) is 0 Å². The number of oxime groups is 1. The van der Waals surface area contributed by atoms with Crippen LogP contribution in [-0.4, -0.2) is 31.4 Å². The smallest absolute Gasteiger partial charge is 0.264 e. The maximum absolute atomic E-state index is 11.9. The largest absolute Gasteiger partial charge is 0.497 e. The van der Waals surface area contributed by atoms with E-state index in [1.165, 1.54) is 0 Å². The number of amides is 1. The zero-order chi connectivity index (χ0) is 14.5. The molecule has 1 heterocycles. The summed E-state index contributed by atoms with van der Waals surface area (Å²) in [5.41, 5.74) is 2.55. The van der Waals surface area contributed by atoms with Gasteiger partial charge in [-0.3, -0.25) is 4.79 Å². The summed E-state index contributed by atoms with van der Waals surface area (Å²) in [5, 5.41) is 6.75. The monoisotopic (exact) mass is 274 g/mol. The highest BCUT2D eigenvalue weighted by molar-refractivity contribution is 6.04. The summed E-state index contributed by atoms with van der Waals surface area (Å²) in [6.45, 7) is 6.04. The van der Waals surface area contributed by atoms with Crippen LogP contribution >= 0.6 is 0 Å². The summed E-state index contributed by atoms with van der Waals surface area (Å²) in [5.74, 6) is 0.579. The van der Waals surface area contributed by atoms with Gasteiger partial charge in [-0.05, 0) is 19.1 Å². The summed E-state index contributed by atoms with van der Waals surface area (Å²) in [6.07, 6.45) is -0.120. The first-order chi connectivity index (χ1) is 9.60. The van der Waals surface area contributed by atoms with Crippen molar-refractivity contribution in [3.8, 4) is 5.75 Å². The van der Waals surface area contributed by atoms with Gasteiger partial charge in [0.05, 0.1) is 12.8 Å². The van der Waals surface area contributed by atoms with Crippen LogP contribution < -0.4 is 10.1 Å². The van der Waals surface area contributed by atoms with E-state index in [1.54, 1.807) is 7.11 Å². The molecule has 1 aliphatic heterocycles. The van der Waals surface area contributed by atoms with E-state index < -0.39 is 6.10 Å². The fraction of sp³-hybridized carbons (Fsp3) is 0.333. The van der Waals surface area contributed by atoms with Crippen molar-refractivity contribution in [2.45, 2.75) is 19.4 Å². The third-order valence-electron chi connectivity index (χ3n) is 2.93. The van der Waals surface area contributed by atoms with Crippen molar-refractivity contribution in [2.24, 2.45) is 5.16 Å². The molecule has 1 aromatic carbocycles. The lowest BCUT2D eigenvalue weighted by atomic mass is 10.0.